The van der Waals surface area contributed by atoms with Gasteiger partial charge in [0.2, 0.25) is 0 Å². The number of hydrogen-bond acceptors (Lipinski definition) is 5. The van der Waals surface area contributed by atoms with Crippen molar-refractivity contribution in [3.8, 4) is 62.1 Å². The van der Waals surface area contributed by atoms with Gasteiger partial charge in [-0.2, -0.15) is 0 Å². The largest absolute Gasteiger partial charge is 0.455 e. The smallest absolute Gasteiger partial charge is 0.164 e. The lowest BCUT2D eigenvalue weighted by Gasteiger charge is -2.15. The molecule has 0 aliphatic heterocycles. The molecule has 0 N–H and O–H groups in total. The standard InChI is InChI=1S/C57H34N4OS/c1-3-14-35(15-4-1)36-26-28-38(29-27-36)56-58-55(37-16-5-2-6-17-37)59-57(60-56)40-32-39(42-21-13-22-47-44-19-8-11-24-50(44)62-53(42)47)33-41(34-40)61-49-23-10-7-18-43(49)46-30-31-48-45-20-9-12-25-51(45)63-54(48)52(46)61/h1-34H. The molecule has 5 nitrogen and oxygen atoms in total. The molecule has 0 radical (unpaired) electrons. The molecule has 6 heteroatoms. The van der Waals surface area contributed by atoms with E-state index in [0.717, 1.165) is 72.1 Å². The maximum atomic E-state index is 6.70. The van der Waals surface area contributed by atoms with Crippen LogP contribution in [0.4, 0.5) is 0 Å². The number of rotatable bonds is 6. The zero-order valence-corrected chi connectivity index (χ0v) is 34.6. The molecule has 0 spiro atoms. The third-order valence-corrected chi connectivity index (χ3v) is 13.4. The molecule has 9 aromatic carbocycles. The van der Waals surface area contributed by atoms with Gasteiger partial charge in [-0.1, -0.05) is 170 Å². The molecule has 294 valence electrons. The summed E-state index contributed by atoms with van der Waals surface area (Å²) in [6.45, 7) is 0. The van der Waals surface area contributed by atoms with Crippen molar-refractivity contribution in [3.63, 3.8) is 0 Å². The normalized spacial score (nSPS) is 11.8. The van der Waals surface area contributed by atoms with Crippen LogP contribution < -0.4 is 0 Å². The molecule has 0 unspecified atom stereocenters. The minimum absolute atomic E-state index is 0.582. The Kier molecular flexibility index (Phi) is 8.01. The van der Waals surface area contributed by atoms with E-state index in [2.05, 4.69) is 174 Å². The van der Waals surface area contributed by atoms with E-state index in [0.29, 0.717) is 17.5 Å². The van der Waals surface area contributed by atoms with E-state index in [-0.39, 0.29) is 0 Å². The highest BCUT2D eigenvalue weighted by molar-refractivity contribution is 7.26. The number of thiophene rings is 1. The molecule has 0 saturated heterocycles. The van der Waals surface area contributed by atoms with Gasteiger partial charge in [0.05, 0.1) is 15.7 Å². The second kappa shape index (κ2) is 14.2. The number of hydrogen-bond donors (Lipinski definition) is 0. The van der Waals surface area contributed by atoms with Crippen LogP contribution in [0.5, 0.6) is 0 Å². The predicted molar refractivity (Wildman–Crippen MR) is 262 cm³/mol. The van der Waals surface area contributed by atoms with Gasteiger partial charge in [0, 0.05) is 65.0 Å². The minimum Gasteiger partial charge on any atom is -0.455 e. The number of fused-ring (bicyclic) bond motifs is 10. The van der Waals surface area contributed by atoms with Crippen molar-refractivity contribution in [1.29, 1.82) is 0 Å². The molecule has 13 aromatic rings. The van der Waals surface area contributed by atoms with Crippen LogP contribution in [0.25, 0.3) is 126 Å². The summed E-state index contributed by atoms with van der Waals surface area (Å²) in [7, 11) is 0. The van der Waals surface area contributed by atoms with Gasteiger partial charge >= 0.3 is 0 Å². The average Bonchev–Trinajstić information content (AvgIpc) is 4.04. The Morgan fingerprint density at radius 1 is 0.381 bits per heavy atom. The SMILES string of the molecule is c1ccc(-c2ccc(-c3nc(-c4ccccc4)nc(-c4cc(-c5cccc6c5oc5ccccc56)cc(-n5c6ccccc6c6ccc7c8ccccc8sc7c65)c4)n3)cc2)cc1. The molecule has 63 heavy (non-hydrogen) atoms. The predicted octanol–water partition coefficient (Wildman–Crippen LogP) is 15.6. The zero-order valence-electron chi connectivity index (χ0n) is 33.7. The Bertz CT molecular complexity index is 3900. The molecule has 4 aromatic heterocycles. The molecular formula is C57H34N4OS. The first-order chi connectivity index (χ1) is 31.2. The van der Waals surface area contributed by atoms with Crippen LogP contribution in [0.15, 0.2) is 211 Å². The minimum atomic E-state index is 0.582. The van der Waals surface area contributed by atoms with Crippen molar-refractivity contribution in [1.82, 2.24) is 19.5 Å². The number of aromatic nitrogens is 4. The Balaban J connectivity index is 1.10. The summed E-state index contributed by atoms with van der Waals surface area (Å²) in [4.78, 5) is 15.7. The van der Waals surface area contributed by atoms with Crippen molar-refractivity contribution in [2.24, 2.45) is 0 Å². The van der Waals surface area contributed by atoms with Crippen LogP contribution in [-0.4, -0.2) is 19.5 Å². The highest BCUT2D eigenvalue weighted by Gasteiger charge is 2.22. The Hall–Kier alpha value is -8.19. The van der Waals surface area contributed by atoms with Crippen LogP contribution in [0, 0.1) is 0 Å². The third-order valence-electron chi connectivity index (χ3n) is 12.2. The summed E-state index contributed by atoms with van der Waals surface area (Å²) in [5, 5.41) is 7.10. The molecule has 0 saturated carbocycles. The molecule has 13 rings (SSSR count). The molecule has 0 aliphatic rings. The van der Waals surface area contributed by atoms with Crippen LogP contribution in [0.2, 0.25) is 0 Å². The lowest BCUT2D eigenvalue weighted by atomic mass is 9.99. The summed E-state index contributed by atoms with van der Waals surface area (Å²) >= 11 is 1.85. The number of para-hydroxylation sites is 3. The summed E-state index contributed by atoms with van der Waals surface area (Å²) in [5.41, 5.74) is 12.0. The fraction of sp³-hybridized carbons (Fsp3) is 0. The van der Waals surface area contributed by atoms with Crippen molar-refractivity contribution >= 4 is 75.3 Å². The summed E-state index contributed by atoms with van der Waals surface area (Å²) in [6.07, 6.45) is 0. The second-order valence-electron chi connectivity index (χ2n) is 16.0. The van der Waals surface area contributed by atoms with Crippen molar-refractivity contribution in [3.05, 3.63) is 206 Å². The van der Waals surface area contributed by atoms with Crippen molar-refractivity contribution in [2.75, 3.05) is 0 Å². The first-order valence-corrected chi connectivity index (χ1v) is 21.9. The molecule has 0 fully saturated rings. The van der Waals surface area contributed by atoms with Crippen LogP contribution in [-0.2, 0) is 0 Å². The van der Waals surface area contributed by atoms with E-state index < -0.39 is 0 Å². The van der Waals surface area contributed by atoms with Gasteiger partial charge < -0.3 is 8.98 Å². The van der Waals surface area contributed by atoms with Crippen LogP contribution in [0.3, 0.4) is 0 Å². The lowest BCUT2D eigenvalue weighted by molar-refractivity contribution is 0.670. The summed E-state index contributed by atoms with van der Waals surface area (Å²) in [6, 6.07) is 72.6. The van der Waals surface area contributed by atoms with Gasteiger partial charge in [-0.05, 0) is 53.1 Å². The topological polar surface area (TPSA) is 56.7 Å². The van der Waals surface area contributed by atoms with Gasteiger partial charge in [-0.25, -0.2) is 15.0 Å². The van der Waals surface area contributed by atoms with Gasteiger partial charge in [-0.3, -0.25) is 0 Å². The van der Waals surface area contributed by atoms with Gasteiger partial charge in [0.15, 0.2) is 17.5 Å². The van der Waals surface area contributed by atoms with Crippen molar-refractivity contribution < 1.29 is 4.42 Å². The zero-order chi connectivity index (χ0) is 41.4. The third kappa shape index (κ3) is 5.80. The quantitative estimate of drug-likeness (QED) is 0.168. The van der Waals surface area contributed by atoms with Gasteiger partial charge in [-0.15, -0.1) is 11.3 Å². The van der Waals surface area contributed by atoms with Crippen LogP contribution >= 0.6 is 11.3 Å². The van der Waals surface area contributed by atoms with E-state index in [1.807, 2.05) is 47.7 Å². The summed E-state index contributed by atoms with van der Waals surface area (Å²) < 4.78 is 11.7. The maximum absolute atomic E-state index is 6.70. The first kappa shape index (κ1) is 35.6. The Morgan fingerprint density at radius 2 is 0.952 bits per heavy atom. The van der Waals surface area contributed by atoms with E-state index in [9.17, 15) is 0 Å². The highest BCUT2D eigenvalue weighted by Crippen LogP contribution is 2.45. The summed E-state index contributed by atoms with van der Waals surface area (Å²) in [5.74, 6) is 1.80. The van der Waals surface area contributed by atoms with Gasteiger partial charge in [0.1, 0.15) is 11.2 Å². The van der Waals surface area contributed by atoms with Crippen LogP contribution in [0.1, 0.15) is 0 Å². The van der Waals surface area contributed by atoms with E-state index in [1.165, 1.54) is 36.5 Å². The van der Waals surface area contributed by atoms with E-state index >= 15 is 0 Å². The van der Waals surface area contributed by atoms with Crippen molar-refractivity contribution in [2.45, 2.75) is 0 Å². The molecule has 0 amide bonds. The monoisotopic (exact) mass is 822 g/mol. The molecule has 0 bridgehead atoms. The molecular weight excluding hydrogens is 789 g/mol. The number of benzene rings is 9. The Morgan fingerprint density at radius 3 is 1.75 bits per heavy atom. The maximum Gasteiger partial charge on any atom is 0.164 e. The fourth-order valence-corrected chi connectivity index (χ4v) is 10.5. The molecule has 4 heterocycles. The van der Waals surface area contributed by atoms with E-state index in [1.54, 1.807) is 0 Å². The number of nitrogens with zero attached hydrogens (tertiary/aromatic N) is 4. The second-order valence-corrected chi connectivity index (χ2v) is 17.0. The van der Waals surface area contributed by atoms with E-state index in [4.69, 9.17) is 19.4 Å². The Labute approximate surface area is 365 Å². The highest BCUT2D eigenvalue weighted by atomic mass is 32.1. The first-order valence-electron chi connectivity index (χ1n) is 21.1. The number of furan rings is 1. The molecule has 0 atom stereocenters. The lowest BCUT2D eigenvalue weighted by Crippen LogP contribution is -2.02. The van der Waals surface area contributed by atoms with Gasteiger partial charge in [0.25, 0.3) is 0 Å². The average molecular weight is 823 g/mol. The fourth-order valence-electron chi connectivity index (χ4n) is 9.29. The molecule has 0 aliphatic carbocycles.